The molecule has 1 N–H and O–H groups in total. The minimum Gasteiger partial charge on any atom is -0.495 e. The number of anilines is 1. The zero-order valence-corrected chi connectivity index (χ0v) is 12.9. The molecule has 6 heteroatoms. The number of hydrogen-bond donors (Lipinski definition) is 1. The average molecular weight is 315 g/mol. The van der Waals surface area contributed by atoms with Gasteiger partial charge in [0.25, 0.3) is 5.91 Å². The van der Waals surface area contributed by atoms with Crippen LogP contribution in [0, 0.1) is 0 Å². The highest BCUT2D eigenvalue weighted by Crippen LogP contribution is 2.30. The molecule has 120 valence electrons. The molecule has 0 saturated heterocycles. The van der Waals surface area contributed by atoms with Crippen molar-refractivity contribution < 1.29 is 23.8 Å². The van der Waals surface area contributed by atoms with Gasteiger partial charge in [0.1, 0.15) is 5.75 Å². The normalized spacial score (nSPS) is 9.83. The van der Waals surface area contributed by atoms with Crippen LogP contribution in [0.4, 0.5) is 5.69 Å². The molecule has 0 aliphatic rings. The molecule has 6 nitrogen and oxygen atoms in total. The molecule has 0 fully saturated rings. The third kappa shape index (κ3) is 4.00. The Morgan fingerprint density at radius 3 is 2.43 bits per heavy atom. The van der Waals surface area contributed by atoms with Crippen LogP contribution in [0.5, 0.6) is 17.2 Å². The number of benzene rings is 2. The molecule has 0 spiro atoms. The number of amides is 1. The van der Waals surface area contributed by atoms with Crippen molar-refractivity contribution in [2.45, 2.75) is 0 Å². The summed E-state index contributed by atoms with van der Waals surface area (Å²) in [5, 5.41) is 2.69. The van der Waals surface area contributed by atoms with Crippen molar-refractivity contribution in [3.8, 4) is 17.2 Å². The molecule has 0 unspecified atom stereocenters. The van der Waals surface area contributed by atoms with Gasteiger partial charge >= 0.3 is 0 Å². The second-order valence-electron chi connectivity index (χ2n) is 4.53. The Bertz CT molecular complexity index is 699. The second kappa shape index (κ2) is 7.84. The van der Waals surface area contributed by atoms with E-state index < -0.39 is 0 Å². The van der Waals surface area contributed by atoms with Gasteiger partial charge < -0.3 is 19.5 Å². The predicted molar refractivity (Wildman–Crippen MR) is 85.5 cm³/mol. The molecule has 23 heavy (non-hydrogen) atoms. The quantitative estimate of drug-likeness (QED) is 0.795. The van der Waals surface area contributed by atoms with E-state index in [1.807, 2.05) is 0 Å². The molecule has 2 rings (SSSR count). The Hall–Kier alpha value is -3.02. The molecular weight excluding hydrogens is 298 g/mol. The number of carbonyl (C=O) groups excluding carboxylic acids is 2. The van der Waals surface area contributed by atoms with Gasteiger partial charge in [-0.25, -0.2) is 0 Å². The van der Waals surface area contributed by atoms with Gasteiger partial charge in [-0.2, -0.15) is 0 Å². The summed E-state index contributed by atoms with van der Waals surface area (Å²) in [6, 6.07) is 11.9. The van der Waals surface area contributed by atoms with Gasteiger partial charge in [0.05, 0.1) is 25.5 Å². The van der Waals surface area contributed by atoms with Gasteiger partial charge in [0.2, 0.25) is 0 Å². The number of nitrogens with one attached hydrogen (secondary N) is 1. The summed E-state index contributed by atoms with van der Waals surface area (Å²) >= 11 is 0. The van der Waals surface area contributed by atoms with E-state index in [0.717, 1.165) is 0 Å². The molecular formula is C17H17NO5. The van der Waals surface area contributed by atoms with Crippen LogP contribution in [0.15, 0.2) is 42.5 Å². The fourth-order valence-electron chi connectivity index (χ4n) is 2.01. The zero-order valence-electron chi connectivity index (χ0n) is 12.9. The van der Waals surface area contributed by atoms with E-state index in [1.165, 1.54) is 14.2 Å². The van der Waals surface area contributed by atoms with Crippen molar-refractivity contribution in [1.29, 1.82) is 0 Å². The smallest absolute Gasteiger partial charge is 0.262 e. The minimum absolute atomic E-state index is 0.236. The van der Waals surface area contributed by atoms with E-state index >= 15 is 0 Å². The summed E-state index contributed by atoms with van der Waals surface area (Å²) in [5.41, 5.74) is 0.855. The van der Waals surface area contributed by atoms with Gasteiger partial charge in [-0.3, -0.25) is 9.59 Å². The van der Waals surface area contributed by atoms with E-state index in [9.17, 15) is 9.59 Å². The summed E-state index contributed by atoms with van der Waals surface area (Å²) in [5.74, 6) is 0.795. The molecule has 2 aromatic carbocycles. The van der Waals surface area contributed by atoms with Crippen molar-refractivity contribution in [2.75, 3.05) is 26.1 Å². The van der Waals surface area contributed by atoms with Crippen molar-refractivity contribution >= 4 is 17.9 Å². The SMILES string of the molecule is COc1ccccc1NC(=O)COc1c(C=O)cccc1OC. The molecule has 0 atom stereocenters. The minimum atomic E-state index is -0.378. The maximum Gasteiger partial charge on any atom is 0.262 e. The summed E-state index contributed by atoms with van der Waals surface area (Å²) in [7, 11) is 2.98. The number of hydrogen-bond acceptors (Lipinski definition) is 5. The van der Waals surface area contributed by atoms with Crippen LogP contribution in [0.1, 0.15) is 10.4 Å². The Balaban J connectivity index is 2.06. The van der Waals surface area contributed by atoms with Crippen molar-refractivity contribution in [2.24, 2.45) is 0 Å². The Morgan fingerprint density at radius 2 is 1.74 bits per heavy atom. The predicted octanol–water partition coefficient (Wildman–Crippen LogP) is 2.53. The summed E-state index contributed by atoms with van der Waals surface area (Å²) in [6.07, 6.45) is 0.649. The number of ether oxygens (including phenoxy) is 3. The lowest BCUT2D eigenvalue weighted by Gasteiger charge is -2.13. The Morgan fingerprint density at radius 1 is 1.04 bits per heavy atom. The zero-order chi connectivity index (χ0) is 16.7. The first-order valence-electron chi connectivity index (χ1n) is 6.87. The van der Waals surface area contributed by atoms with Gasteiger partial charge in [-0.1, -0.05) is 18.2 Å². The fourth-order valence-corrected chi connectivity index (χ4v) is 2.01. The molecule has 0 heterocycles. The van der Waals surface area contributed by atoms with Gasteiger partial charge in [0, 0.05) is 0 Å². The second-order valence-corrected chi connectivity index (χ2v) is 4.53. The molecule has 0 aliphatic heterocycles. The highest BCUT2D eigenvalue weighted by atomic mass is 16.5. The van der Waals surface area contributed by atoms with E-state index in [4.69, 9.17) is 14.2 Å². The van der Waals surface area contributed by atoms with E-state index in [0.29, 0.717) is 29.0 Å². The summed E-state index contributed by atoms with van der Waals surface area (Å²) in [6.45, 7) is -0.265. The van der Waals surface area contributed by atoms with Crippen LogP contribution in [-0.4, -0.2) is 33.0 Å². The third-order valence-corrected chi connectivity index (χ3v) is 3.08. The van der Waals surface area contributed by atoms with Crippen LogP contribution in [0.2, 0.25) is 0 Å². The molecule has 2 aromatic rings. The average Bonchev–Trinajstić information content (AvgIpc) is 2.59. The summed E-state index contributed by atoms with van der Waals surface area (Å²) < 4.78 is 15.7. The van der Waals surface area contributed by atoms with Gasteiger partial charge in [-0.05, 0) is 24.3 Å². The van der Waals surface area contributed by atoms with Crippen LogP contribution < -0.4 is 19.5 Å². The Labute approximate surface area is 134 Å². The molecule has 0 bridgehead atoms. The van der Waals surface area contributed by atoms with Crippen LogP contribution in [0.25, 0.3) is 0 Å². The third-order valence-electron chi connectivity index (χ3n) is 3.08. The molecule has 0 radical (unpaired) electrons. The number of methoxy groups -OCH3 is 2. The number of aldehydes is 1. The van der Waals surface area contributed by atoms with Gasteiger partial charge in [0.15, 0.2) is 24.4 Å². The summed E-state index contributed by atoms with van der Waals surface area (Å²) in [4.78, 5) is 23.1. The first-order valence-corrected chi connectivity index (χ1v) is 6.87. The van der Waals surface area contributed by atoms with E-state index in [2.05, 4.69) is 5.32 Å². The lowest BCUT2D eigenvalue weighted by molar-refractivity contribution is -0.118. The van der Waals surface area contributed by atoms with Crippen LogP contribution in [-0.2, 0) is 4.79 Å². The molecule has 1 amide bonds. The van der Waals surface area contributed by atoms with Crippen molar-refractivity contribution in [3.05, 3.63) is 48.0 Å². The Kier molecular flexibility index (Phi) is 5.57. The molecule has 0 saturated carbocycles. The number of carbonyl (C=O) groups is 2. The monoisotopic (exact) mass is 315 g/mol. The molecule has 0 aliphatic carbocycles. The number of rotatable bonds is 7. The van der Waals surface area contributed by atoms with E-state index in [-0.39, 0.29) is 18.3 Å². The largest absolute Gasteiger partial charge is 0.495 e. The van der Waals surface area contributed by atoms with Gasteiger partial charge in [-0.15, -0.1) is 0 Å². The lowest BCUT2D eigenvalue weighted by Crippen LogP contribution is -2.21. The van der Waals surface area contributed by atoms with Crippen LogP contribution >= 0.6 is 0 Å². The van der Waals surface area contributed by atoms with E-state index in [1.54, 1.807) is 42.5 Å². The highest BCUT2D eigenvalue weighted by molar-refractivity contribution is 5.93. The fraction of sp³-hybridized carbons (Fsp3) is 0.176. The van der Waals surface area contributed by atoms with Crippen molar-refractivity contribution in [1.82, 2.24) is 0 Å². The maximum atomic E-state index is 12.0. The topological polar surface area (TPSA) is 73.9 Å². The van der Waals surface area contributed by atoms with Crippen molar-refractivity contribution in [3.63, 3.8) is 0 Å². The van der Waals surface area contributed by atoms with Crippen LogP contribution in [0.3, 0.4) is 0 Å². The first-order chi connectivity index (χ1) is 11.2. The standard InChI is InChI=1S/C17H17NO5/c1-21-14-8-4-3-7-13(14)18-16(20)11-23-17-12(10-19)6-5-9-15(17)22-2/h3-10H,11H2,1-2H3,(H,18,20). The molecule has 0 aromatic heterocycles. The first kappa shape index (κ1) is 16.4. The maximum absolute atomic E-state index is 12.0. The highest BCUT2D eigenvalue weighted by Gasteiger charge is 2.13. The number of para-hydroxylation sites is 3. The lowest BCUT2D eigenvalue weighted by atomic mass is 10.2.